The van der Waals surface area contributed by atoms with Crippen molar-refractivity contribution in [3.63, 3.8) is 0 Å². The lowest BCUT2D eigenvalue weighted by Gasteiger charge is -2.27. The Labute approximate surface area is 489 Å². The largest absolute Gasteiger partial charge is 0.462 e. The molecule has 0 spiro atoms. The molecule has 1 unspecified atom stereocenters. The van der Waals surface area contributed by atoms with Crippen LogP contribution in [0.5, 0.6) is 34.5 Å². The molecule has 442 valence electrons. The third-order valence-electron chi connectivity index (χ3n) is 12.1. The average Bonchev–Trinajstić information content (AvgIpc) is 0.898. The first-order valence-corrected chi connectivity index (χ1v) is 28.3. The van der Waals surface area contributed by atoms with Crippen LogP contribution in [0.1, 0.15) is 82.5 Å². The first kappa shape index (κ1) is 62.5. The number of hydrogen-bond acceptors (Lipinski definition) is 21. The van der Waals surface area contributed by atoms with Gasteiger partial charge in [0.25, 0.3) is 10.0 Å². The van der Waals surface area contributed by atoms with Crippen molar-refractivity contribution in [2.45, 2.75) is 63.2 Å². The number of ketones is 2. The number of nitrogen functional groups attached to an aromatic ring is 2. The summed E-state index contributed by atoms with van der Waals surface area (Å²) in [5, 5.41) is 0. The summed E-state index contributed by atoms with van der Waals surface area (Å²) in [5.41, 5.74) is 12.0. The fraction of sp³-hybridized carbons (Fsp3) is 0.200. The molecule has 0 saturated heterocycles. The molecule has 0 radical (unpaired) electrons. The number of nitrogens with one attached hydrogen (secondary N) is 2. The zero-order valence-corrected chi connectivity index (χ0v) is 47.8. The topological polar surface area (TPSA) is 338 Å². The highest BCUT2D eigenvalue weighted by molar-refractivity contribution is 7.92. The molecule has 25 heteroatoms. The smallest absolute Gasteiger partial charge is 0.333 e. The zero-order valence-electron chi connectivity index (χ0n) is 46.2. The molecule has 6 aromatic rings. The summed E-state index contributed by atoms with van der Waals surface area (Å²) in [5.74, 6) is -6.80. The Morgan fingerprint density at radius 1 is 0.506 bits per heavy atom. The van der Waals surface area contributed by atoms with Gasteiger partial charge in [-0.3, -0.25) is 33.5 Å². The number of ether oxygens (including phenoxy) is 8. The second kappa shape index (κ2) is 27.8. The van der Waals surface area contributed by atoms with E-state index in [4.69, 9.17) is 49.4 Å². The molecule has 1 atom stereocenters. The highest BCUT2D eigenvalue weighted by Crippen LogP contribution is 2.48. The van der Waals surface area contributed by atoms with Crippen molar-refractivity contribution in [1.82, 2.24) is 0 Å². The van der Waals surface area contributed by atoms with Gasteiger partial charge in [0, 0.05) is 23.3 Å². The predicted molar refractivity (Wildman–Crippen MR) is 308 cm³/mol. The number of rotatable bonds is 26. The third-order valence-corrected chi connectivity index (χ3v) is 14.6. The fourth-order valence-electron chi connectivity index (χ4n) is 7.76. The van der Waals surface area contributed by atoms with Crippen LogP contribution in [0.4, 0.5) is 22.7 Å². The van der Waals surface area contributed by atoms with E-state index in [-0.39, 0.29) is 113 Å². The van der Waals surface area contributed by atoms with Gasteiger partial charge in [0.15, 0.2) is 23.1 Å². The normalized spacial score (nSPS) is 11.8. The Bertz CT molecular complexity index is 3790. The number of hydrogen-bond donors (Lipinski definition) is 4. The fourth-order valence-corrected chi connectivity index (χ4v) is 9.69. The second-order valence-electron chi connectivity index (χ2n) is 18.8. The molecule has 6 aromatic carbocycles. The summed E-state index contributed by atoms with van der Waals surface area (Å²) in [4.78, 5) is 103. The molecule has 0 amide bonds. The molecular weight excluding hydrogens is 1140 g/mol. The van der Waals surface area contributed by atoms with Crippen molar-refractivity contribution in [2.75, 3.05) is 47.3 Å². The lowest BCUT2D eigenvalue weighted by Crippen LogP contribution is -2.28. The van der Waals surface area contributed by atoms with E-state index in [0.717, 1.165) is 17.2 Å². The minimum absolute atomic E-state index is 0.0166. The molecule has 1 aliphatic carbocycles. The Hall–Kier alpha value is -10.1. The van der Waals surface area contributed by atoms with Gasteiger partial charge in [-0.05, 0) is 100 Å². The van der Waals surface area contributed by atoms with Crippen molar-refractivity contribution in [3.05, 3.63) is 167 Å². The molecule has 0 heterocycles. The predicted octanol–water partition coefficient (Wildman–Crippen LogP) is 8.46. The Kier molecular flexibility index (Phi) is 20.4. The van der Waals surface area contributed by atoms with Gasteiger partial charge >= 0.3 is 35.8 Å². The molecule has 0 aliphatic heterocycles. The van der Waals surface area contributed by atoms with E-state index in [1.54, 1.807) is 43.3 Å². The van der Waals surface area contributed by atoms with Gasteiger partial charge in [-0.15, -0.1) is 0 Å². The zero-order chi connectivity index (χ0) is 61.7. The van der Waals surface area contributed by atoms with Crippen molar-refractivity contribution in [3.8, 4) is 34.5 Å². The summed E-state index contributed by atoms with van der Waals surface area (Å²) in [6.07, 6.45) is -1.42. The molecule has 0 saturated carbocycles. The van der Waals surface area contributed by atoms with Crippen molar-refractivity contribution in [1.29, 1.82) is 0 Å². The summed E-state index contributed by atoms with van der Waals surface area (Å²) in [6.45, 7) is 12.5. The maximum atomic E-state index is 15.3. The van der Waals surface area contributed by atoms with E-state index >= 15 is 9.59 Å². The lowest BCUT2D eigenvalue weighted by atomic mass is 9.80. The molecule has 6 N–H and O–H groups in total. The highest BCUT2D eigenvalue weighted by Gasteiger charge is 2.41. The SMILES string of the molecule is C=C(C)C(=O)OCCOC(=O)CCC(=O)Oc1ccc(Oc2cc(NS(=O)c3ccc(C)cc3)c3c(c2N)C(=O)c2c(N)c(Oc4ccc(OC(=O)CCC(=O)OCCOC(=O)C(=C)C)cc4)cc(NS(=O)(=O)c4ccc(C)cc4)c2C3=O)cc1. The minimum atomic E-state index is -4.54. The molecular formula is C60H56N4O19S2. The molecule has 1 aliphatic rings. The highest BCUT2D eigenvalue weighted by atomic mass is 32.2. The van der Waals surface area contributed by atoms with E-state index < -0.39 is 108 Å². The molecule has 23 nitrogen and oxygen atoms in total. The van der Waals surface area contributed by atoms with Crippen molar-refractivity contribution in [2.24, 2.45) is 0 Å². The van der Waals surface area contributed by atoms with Crippen LogP contribution in [0.15, 0.2) is 143 Å². The number of anilines is 4. The Morgan fingerprint density at radius 2 is 0.871 bits per heavy atom. The summed E-state index contributed by atoms with van der Waals surface area (Å²) < 4.78 is 90.4. The van der Waals surface area contributed by atoms with Crippen molar-refractivity contribution >= 4 is 91.1 Å². The van der Waals surface area contributed by atoms with E-state index in [1.807, 2.05) is 6.92 Å². The van der Waals surface area contributed by atoms with E-state index in [9.17, 15) is 41.4 Å². The molecule has 0 fully saturated rings. The second-order valence-corrected chi connectivity index (χ2v) is 21.7. The average molecular weight is 1200 g/mol. The Morgan fingerprint density at radius 3 is 1.31 bits per heavy atom. The monoisotopic (exact) mass is 1200 g/mol. The third kappa shape index (κ3) is 16.3. The Balaban J connectivity index is 1.17. The molecule has 0 aromatic heterocycles. The molecule has 85 heavy (non-hydrogen) atoms. The summed E-state index contributed by atoms with van der Waals surface area (Å²) >= 11 is 0. The number of fused-ring (bicyclic) bond motifs is 2. The van der Waals surface area contributed by atoms with Crippen LogP contribution in [0, 0.1) is 13.8 Å². The number of aryl methyl sites for hydroxylation is 2. The lowest BCUT2D eigenvalue weighted by molar-refractivity contribution is -0.151. The van der Waals surface area contributed by atoms with Gasteiger partial charge in [0.05, 0.1) is 80.5 Å². The molecule has 0 bridgehead atoms. The van der Waals surface area contributed by atoms with Crippen LogP contribution in [-0.2, 0) is 68.7 Å². The minimum Gasteiger partial charge on any atom is -0.462 e. The van der Waals surface area contributed by atoms with E-state index in [1.165, 1.54) is 80.6 Å². The van der Waals surface area contributed by atoms with Crippen LogP contribution in [0.3, 0.4) is 0 Å². The first-order chi connectivity index (χ1) is 40.4. The van der Waals surface area contributed by atoms with E-state index in [2.05, 4.69) is 22.6 Å². The summed E-state index contributed by atoms with van der Waals surface area (Å²) in [7, 11) is -6.67. The number of carbonyl (C=O) groups excluding carboxylic acids is 8. The summed E-state index contributed by atoms with van der Waals surface area (Å²) in [6, 6.07) is 25.5. The number of nitrogens with two attached hydrogens (primary N) is 2. The van der Waals surface area contributed by atoms with Gasteiger partial charge in [-0.25, -0.2) is 22.2 Å². The van der Waals surface area contributed by atoms with Crippen LogP contribution >= 0.6 is 0 Å². The van der Waals surface area contributed by atoms with Crippen molar-refractivity contribution < 1.29 is 88.9 Å². The van der Waals surface area contributed by atoms with Gasteiger partial charge in [-0.2, -0.15) is 0 Å². The first-order valence-electron chi connectivity index (χ1n) is 25.7. The van der Waals surface area contributed by atoms with Crippen LogP contribution < -0.4 is 39.9 Å². The maximum Gasteiger partial charge on any atom is 0.333 e. The van der Waals surface area contributed by atoms with Crippen LogP contribution in [0.25, 0.3) is 0 Å². The number of esters is 6. The van der Waals surface area contributed by atoms with Gasteiger partial charge in [0.1, 0.15) is 60.4 Å². The van der Waals surface area contributed by atoms with Gasteiger partial charge < -0.3 is 54.1 Å². The van der Waals surface area contributed by atoms with Crippen LogP contribution in [0.2, 0.25) is 0 Å². The molecule has 7 rings (SSSR count). The maximum absolute atomic E-state index is 15.3. The van der Waals surface area contributed by atoms with Gasteiger partial charge in [-0.1, -0.05) is 48.6 Å². The number of carbonyl (C=O) groups is 8. The van der Waals surface area contributed by atoms with Crippen LogP contribution in [-0.4, -0.2) is 86.4 Å². The number of benzene rings is 6. The standard InChI is InChI=1S/C60H56N4O19S2/c1-33(2)59(71)78-29-27-76-47(65)23-25-49(67)82-39-15-11-37(12-16-39)80-45-31-43(63-84(73)41-19-7-35(5)8-20-41)51-53(55(45)61)58(70)54-52(57(51)69)44(64-85(74,75)42-21-9-36(6)10-22-42)32-46(56(54)62)81-38-13-17-40(18-14-38)83-50(68)26-24-48(66)77-28-30-79-60(72)34(3)4/h7-22,31-32,63-64H,1,3,23-30,61-62H2,2,4-6H3. The van der Waals surface area contributed by atoms with Gasteiger partial charge in [0.2, 0.25) is 0 Å². The quantitative estimate of drug-likeness (QED) is 0.00986. The number of sulfonamides is 1. The van der Waals surface area contributed by atoms with E-state index in [0.29, 0.717) is 0 Å².